The molecule has 0 saturated heterocycles. The molecular formula is C38H30FN3O3S2. The molecule has 9 heteroatoms. The number of ether oxygens (including phenoxy) is 1. The van der Waals surface area contributed by atoms with Crippen molar-refractivity contribution in [1.82, 2.24) is 9.13 Å². The smallest absolute Gasteiger partial charge is 0.338 e. The fraction of sp³-hybridized carbons (Fsp3) is 0.132. The Labute approximate surface area is 278 Å². The van der Waals surface area contributed by atoms with Crippen molar-refractivity contribution >= 4 is 51.7 Å². The summed E-state index contributed by atoms with van der Waals surface area (Å²) in [6.07, 6.45) is 5.82. The molecule has 2 aromatic heterocycles. The minimum atomic E-state index is -0.749. The van der Waals surface area contributed by atoms with Gasteiger partial charge in [-0.25, -0.2) is 14.2 Å². The summed E-state index contributed by atoms with van der Waals surface area (Å²) >= 11 is 2.90. The van der Waals surface area contributed by atoms with Crippen molar-refractivity contribution in [2.24, 2.45) is 4.99 Å². The summed E-state index contributed by atoms with van der Waals surface area (Å²) in [7, 11) is 0. The standard InChI is InChI=1S/C38H30FN3O3S2/c1-3-45-37(44)33-34(24-11-5-4-6-12-24)40-38-42(35(33)25-17-19-28(46-2)20-18-25)36(43)32(47-38)21-27-23-41(31-16-10-8-14-29(27)31)22-26-13-7-9-15-30(26)39/h4-21,23,35H,3,22H2,1-2H3/b32-21-/t35-/m1/s1. The molecule has 0 N–H and O–H groups in total. The number of esters is 1. The number of hydrogen-bond acceptors (Lipinski definition) is 6. The summed E-state index contributed by atoms with van der Waals surface area (Å²) in [5.41, 5.74) is 4.42. The van der Waals surface area contributed by atoms with Crippen LogP contribution in [0.3, 0.4) is 0 Å². The zero-order valence-corrected chi connectivity index (χ0v) is 27.4. The van der Waals surface area contributed by atoms with E-state index in [4.69, 9.17) is 9.73 Å². The molecule has 0 amide bonds. The van der Waals surface area contributed by atoms with Crippen LogP contribution in [-0.4, -0.2) is 28.0 Å². The van der Waals surface area contributed by atoms with Gasteiger partial charge in [0.1, 0.15) is 5.82 Å². The number of hydrogen-bond donors (Lipinski definition) is 0. The van der Waals surface area contributed by atoms with Crippen LogP contribution >= 0.6 is 23.1 Å². The van der Waals surface area contributed by atoms with E-state index in [9.17, 15) is 14.0 Å². The van der Waals surface area contributed by atoms with Crippen molar-refractivity contribution in [1.29, 1.82) is 0 Å². The quantitative estimate of drug-likeness (QED) is 0.133. The first-order valence-corrected chi connectivity index (χ1v) is 17.2. The largest absolute Gasteiger partial charge is 0.463 e. The van der Waals surface area contributed by atoms with Crippen LogP contribution in [0, 0.1) is 5.82 Å². The van der Waals surface area contributed by atoms with Gasteiger partial charge in [0, 0.05) is 38.7 Å². The van der Waals surface area contributed by atoms with Crippen LogP contribution in [0.5, 0.6) is 0 Å². The molecule has 0 aliphatic carbocycles. The maximum absolute atomic E-state index is 14.6. The number of thioether (sulfide) groups is 1. The Bertz CT molecular complexity index is 2340. The lowest BCUT2D eigenvalue weighted by Crippen LogP contribution is -2.40. The van der Waals surface area contributed by atoms with Crippen LogP contribution in [0.15, 0.2) is 130 Å². The predicted octanol–water partition coefficient (Wildman–Crippen LogP) is 6.80. The van der Waals surface area contributed by atoms with Crippen LogP contribution in [-0.2, 0) is 16.1 Å². The average molecular weight is 660 g/mol. The Morgan fingerprint density at radius 2 is 1.70 bits per heavy atom. The van der Waals surface area contributed by atoms with E-state index in [1.165, 1.54) is 17.4 Å². The Balaban J connectivity index is 1.45. The fourth-order valence-electron chi connectivity index (χ4n) is 6.01. The normalized spacial score (nSPS) is 14.7. The van der Waals surface area contributed by atoms with E-state index in [1.54, 1.807) is 35.4 Å². The monoisotopic (exact) mass is 659 g/mol. The zero-order valence-electron chi connectivity index (χ0n) is 25.7. The molecule has 1 atom stereocenters. The fourth-order valence-corrected chi connectivity index (χ4v) is 7.41. The topological polar surface area (TPSA) is 65.6 Å². The minimum absolute atomic E-state index is 0.184. The van der Waals surface area contributed by atoms with Gasteiger partial charge >= 0.3 is 5.97 Å². The van der Waals surface area contributed by atoms with Gasteiger partial charge in [0.05, 0.1) is 35.0 Å². The van der Waals surface area contributed by atoms with Crippen molar-refractivity contribution in [3.63, 3.8) is 0 Å². The number of benzene rings is 4. The molecule has 0 fully saturated rings. The maximum atomic E-state index is 14.6. The Morgan fingerprint density at radius 3 is 2.45 bits per heavy atom. The van der Waals surface area contributed by atoms with Gasteiger partial charge in [0.2, 0.25) is 0 Å². The molecule has 0 radical (unpaired) electrons. The van der Waals surface area contributed by atoms with Gasteiger partial charge in [-0.1, -0.05) is 90.2 Å². The lowest BCUT2D eigenvalue weighted by atomic mass is 9.93. The highest BCUT2D eigenvalue weighted by molar-refractivity contribution is 7.98. The molecule has 0 bridgehead atoms. The molecule has 47 heavy (non-hydrogen) atoms. The van der Waals surface area contributed by atoms with Gasteiger partial charge in [-0.3, -0.25) is 9.36 Å². The molecule has 0 unspecified atom stereocenters. The van der Waals surface area contributed by atoms with Crippen molar-refractivity contribution < 1.29 is 13.9 Å². The molecule has 6 aromatic rings. The van der Waals surface area contributed by atoms with E-state index >= 15 is 0 Å². The van der Waals surface area contributed by atoms with Crippen LogP contribution in [0.4, 0.5) is 4.39 Å². The second kappa shape index (κ2) is 13.0. The Morgan fingerprint density at radius 1 is 0.979 bits per heavy atom. The third-order valence-corrected chi connectivity index (χ3v) is 9.94. The number of carbonyl (C=O) groups excluding carboxylic acids is 1. The van der Waals surface area contributed by atoms with Crippen molar-refractivity contribution in [2.75, 3.05) is 12.9 Å². The highest BCUT2D eigenvalue weighted by atomic mass is 32.2. The van der Waals surface area contributed by atoms with E-state index in [1.807, 2.05) is 108 Å². The van der Waals surface area contributed by atoms with Crippen LogP contribution < -0.4 is 14.9 Å². The minimum Gasteiger partial charge on any atom is -0.463 e. The van der Waals surface area contributed by atoms with Gasteiger partial charge < -0.3 is 9.30 Å². The average Bonchev–Trinajstić information content (AvgIpc) is 3.61. The molecule has 4 aromatic carbocycles. The van der Waals surface area contributed by atoms with Crippen LogP contribution in [0.25, 0.3) is 22.7 Å². The molecule has 0 spiro atoms. The maximum Gasteiger partial charge on any atom is 0.338 e. The van der Waals surface area contributed by atoms with Gasteiger partial charge in [-0.15, -0.1) is 11.8 Å². The number of aromatic nitrogens is 2. The SMILES string of the molecule is CCOC(=O)C1=C(c2ccccc2)N=c2s/c(=C\c3cn(Cc4ccccc4F)c4ccccc34)c(=O)n2[C@@H]1c1ccc(SC)cc1. The molecule has 1 aliphatic heterocycles. The zero-order chi connectivity index (χ0) is 32.5. The van der Waals surface area contributed by atoms with Gasteiger partial charge in [-0.05, 0) is 49.1 Å². The lowest BCUT2D eigenvalue weighted by molar-refractivity contribution is -0.138. The lowest BCUT2D eigenvalue weighted by Gasteiger charge is -2.26. The second-order valence-electron chi connectivity index (χ2n) is 11.0. The van der Waals surface area contributed by atoms with E-state index in [0.717, 1.165) is 32.5 Å². The molecular weight excluding hydrogens is 630 g/mol. The van der Waals surface area contributed by atoms with E-state index in [-0.39, 0.29) is 18.0 Å². The first kappa shape index (κ1) is 30.7. The van der Waals surface area contributed by atoms with E-state index < -0.39 is 12.0 Å². The number of para-hydroxylation sites is 1. The van der Waals surface area contributed by atoms with Crippen molar-refractivity contribution in [2.45, 2.75) is 24.4 Å². The van der Waals surface area contributed by atoms with E-state index in [0.29, 0.717) is 32.7 Å². The summed E-state index contributed by atoms with van der Waals surface area (Å²) in [6.45, 7) is 2.29. The highest BCUT2D eigenvalue weighted by Crippen LogP contribution is 2.36. The van der Waals surface area contributed by atoms with E-state index in [2.05, 4.69) is 0 Å². The summed E-state index contributed by atoms with van der Waals surface area (Å²) in [6, 6.07) is 31.3. The first-order valence-electron chi connectivity index (χ1n) is 15.2. The summed E-state index contributed by atoms with van der Waals surface area (Å²) < 4.78 is 24.3. The van der Waals surface area contributed by atoms with Crippen LogP contribution in [0.1, 0.15) is 35.2 Å². The molecule has 1 aliphatic rings. The molecule has 6 nitrogen and oxygen atoms in total. The van der Waals surface area contributed by atoms with Gasteiger partial charge in [0.25, 0.3) is 5.56 Å². The number of halogens is 1. The summed E-state index contributed by atoms with van der Waals surface area (Å²) in [4.78, 5) is 34.7. The number of rotatable bonds is 8. The number of carbonyl (C=O) groups is 1. The third-order valence-electron chi connectivity index (χ3n) is 8.21. The highest BCUT2D eigenvalue weighted by Gasteiger charge is 2.35. The molecule has 3 heterocycles. The van der Waals surface area contributed by atoms with Gasteiger partial charge in [0.15, 0.2) is 4.80 Å². The molecule has 234 valence electrons. The predicted molar refractivity (Wildman–Crippen MR) is 187 cm³/mol. The number of thiazole rings is 1. The Hall–Kier alpha value is -4.99. The second-order valence-corrected chi connectivity index (χ2v) is 12.9. The summed E-state index contributed by atoms with van der Waals surface area (Å²) in [5.74, 6) is -0.781. The molecule has 0 saturated carbocycles. The number of fused-ring (bicyclic) bond motifs is 2. The van der Waals surface area contributed by atoms with Crippen LogP contribution in [0.2, 0.25) is 0 Å². The molecule has 7 rings (SSSR count). The number of nitrogens with zero attached hydrogens (tertiary/aromatic N) is 3. The Kier molecular flexibility index (Phi) is 8.49. The first-order chi connectivity index (χ1) is 23.0. The van der Waals surface area contributed by atoms with Crippen molar-refractivity contribution in [3.05, 3.63) is 163 Å². The van der Waals surface area contributed by atoms with Gasteiger partial charge in [-0.2, -0.15) is 0 Å². The van der Waals surface area contributed by atoms with Crippen molar-refractivity contribution in [3.8, 4) is 0 Å². The third kappa shape index (κ3) is 5.77. The summed E-state index contributed by atoms with van der Waals surface area (Å²) in [5, 5.41) is 0.941.